The Balaban J connectivity index is 2.28. The predicted octanol–water partition coefficient (Wildman–Crippen LogP) is 1.96. The topological polar surface area (TPSA) is 75.6 Å². The number of hydrogen-bond acceptors (Lipinski definition) is 3. The molecule has 21 heavy (non-hydrogen) atoms. The van der Waals surface area contributed by atoms with E-state index in [0.717, 1.165) is 12.0 Å². The van der Waals surface area contributed by atoms with Crippen molar-refractivity contribution in [2.45, 2.75) is 32.6 Å². The molecule has 0 heterocycles. The summed E-state index contributed by atoms with van der Waals surface area (Å²) in [5, 5.41) is 11.1. The fourth-order valence-corrected chi connectivity index (χ4v) is 1.97. The van der Waals surface area contributed by atoms with E-state index in [1.807, 2.05) is 6.92 Å². The van der Waals surface area contributed by atoms with Crippen LogP contribution < -0.4 is 5.32 Å². The molecule has 1 amide bonds. The summed E-state index contributed by atoms with van der Waals surface area (Å²) in [5.41, 5.74) is 2.43. The smallest absolute Gasteiger partial charge is 0.329 e. The standard InChI is InChI=1S/C16H23NO4/c1-3-13-4-6-14(7-5-13)12(2)10-15(18)17-8-9-21-11-16(19)20/h4-7,12H,3,8-11H2,1-2H3,(H,17,18)(H,19,20). The van der Waals surface area contributed by atoms with Crippen LogP contribution in [0.25, 0.3) is 0 Å². The summed E-state index contributed by atoms with van der Waals surface area (Å²) in [6.45, 7) is 4.32. The average molecular weight is 293 g/mol. The van der Waals surface area contributed by atoms with Gasteiger partial charge in [-0.2, -0.15) is 0 Å². The Morgan fingerprint density at radius 2 is 1.95 bits per heavy atom. The van der Waals surface area contributed by atoms with Crippen molar-refractivity contribution in [2.75, 3.05) is 19.8 Å². The van der Waals surface area contributed by atoms with Gasteiger partial charge < -0.3 is 15.2 Å². The second-order valence-electron chi connectivity index (χ2n) is 5.00. The maximum atomic E-state index is 11.8. The third-order valence-electron chi connectivity index (χ3n) is 3.24. The van der Waals surface area contributed by atoms with Crippen molar-refractivity contribution in [3.63, 3.8) is 0 Å². The molecule has 1 aromatic carbocycles. The summed E-state index contributed by atoms with van der Waals surface area (Å²) in [7, 11) is 0. The van der Waals surface area contributed by atoms with Gasteiger partial charge in [0.25, 0.3) is 0 Å². The molecule has 0 radical (unpaired) electrons. The molecule has 0 aliphatic carbocycles. The van der Waals surface area contributed by atoms with Crippen LogP contribution in [0.1, 0.15) is 37.3 Å². The van der Waals surface area contributed by atoms with Crippen molar-refractivity contribution < 1.29 is 19.4 Å². The highest BCUT2D eigenvalue weighted by Gasteiger charge is 2.10. The van der Waals surface area contributed by atoms with E-state index in [4.69, 9.17) is 9.84 Å². The number of carboxylic acid groups (broad SMARTS) is 1. The minimum atomic E-state index is -1.01. The molecule has 1 atom stereocenters. The van der Waals surface area contributed by atoms with Gasteiger partial charge in [0, 0.05) is 13.0 Å². The molecule has 2 N–H and O–H groups in total. The third-order valence-corrected chi connectivity index (χ3v) is 3.24. The van der Waals surface area contributed by atoms with Gasteiger partial charge in [-0.3, -0.25) is 4.79 Å². The molecule has 0 aliphatic heterocycles. The third kappa shape index (κ3) is 6.90. The molecule has 1 aromatic rings. The molecule has 5 heteroatoms. The summed E-state index contributed by atoms with van der Waals surface area (Å²) in [6.07, 6.45) is 1.41. The number of rotatable bonds is 9. The van der Waals surface area contributed by atoms with Crippen molar-refractivity contribution in [3.8, 4) is 0 Å². The molecular formula is C16H23NO4. The Morgan fingerprint density at radius 1 is 1.29 bits per heavy atom. The van der Waals surface area contributed by atoms with Crippen LogP contribution in [0, 0.1) is 0 Å². The van der Waals surface area contributed by atoms with E-state index < -0.39 is 5.97 Å². The average Bonchev–Trinajstić information content (AvgIpc) is 2.46. The Labute approximate surface area is 125 Å². The lowest BCUT2D eigenvalue weighted by Gasteiger charge is -2.12. The van der Waals surface area contributed by atoms with Gasteiger partial charge >= 0.3 is 5.97 Å². The number of aliphatic carboxylic acids is 1. The van der Waals surface area contributed by atoms with Gasteiger partial charge in [-0.15, -0.1) is 0 Å². The van der Waals surface area contributed by atoms with Crippen LogP contribution in [0.2, 0.25) is 0 Å². The molecule has 0 spiro atoms. The number of nitrogens with one attached hydrogen (secondary N) is 1. The lowest BCUT2D eigenvalue weighted by molar-refractivity contribution is -0.142. The molecule has 0 bridgehead atoms. The molecule has 0 saturated carbocycles. The molecule has 0 aliphatic rings. The summed E-state index contributed by atoms with van der Waals surface area (Å²) in [5.74, 6) is -0.915. The Kier molecular flexibility index (Phi) is 7.46. The molecule has 0 fully saturated rings. The van der Waals surface area contributed by atoms with Gasteiger partial charge in [0.05, 0.1) is 6.61 Å². The van der Waals surface area contributed by atoms with Crippen LogP contribution in [0.15, 0.2) is 24.3 Å². The van der Waals surface area contributed by atoms with Crippen LogP contribution in [0.3, 0.4) is 0 Å². The number of amides is 1. The first kappa shape index (κ1) is 17.2. The molecular weight excluding hydrogens is 270 g/mol. The summed E-state index contributed by atoms with van der Waals surface area (Å²) < 4.78 is 4.85. The molecule has 0 saturated heterocycles. The zero-order valence-corrected chi connectivity index (χ0v) is 12.6. The second kappa shape index (κ2) is 9.13. The number of aryl methyl sites for hydroxylation is 1. The number of benzene rings is 1. The van der Waals surface area contributed by atoms with Crippen molar-refractivity contribution in [2.24, 2.45) is 0 Å². The number of carboxylic acids is 1. The number of hydrogen-bond donors (Lipinski definition) is 2. The number of carbonyl (C=O) groups excluding carboxylic acids is 1. The fraction of sp³-hybridized carbons (Fsp3) is 0.500. The first-order valence-corrected chi connectivity index (χ1v) is 7.18. The van der Waals surface area contributed by atoms with Crippen LogP contribution in [-0.4, -0.2) is 36.7 Å². The van der Waals surface area contributed by atoms with E-state index in [0.29, 0.717) is 13.0 Å². The molecule has 5 nitrogen and oxygen atoms in total. The van der Waals surface area contributed by atoms with Gasteiger partial charge in [0.1, 0.15) is 6.61 Å². The van der Waals surface area contributed by atoms with Crippen LogP contribution in [0.5, 0.6) is 0 Å². The normalized spacial score (nSPS) is 11.9. The van der Waals surface area contributed by atoms with Gasteiger partial charge in [-0.25, -0.2) is 4.79 Å². The molecule has 1 rings (SSSR count). The maximum absolute atomic E-state index is 11.8. The van der Waals surface area contributed by atoms with Crippen LogP contribution in [0.4, 0.5) is 0 Å². The summed E-state index contributed by atoms with van der Waals surface area (Å²) in [6, 6.07) is 8.30. The SMILES string of the molecule is CCc1ccc(C(C)CC(=O)NCCOCC(=O)O)cc1. The largest absolute Gasteiger partial charge is 0.480 e. The zero-order valence-electron chi connectivity index (χ0n) is 12.6. The lowest BCUT2D eigenvalue weighted by atomic mass is 9.96. The first-order valence-electron chi connectivity index (χ1n) is 7.18. The molecule has 1 unspecified atom stereocenters. The van der Waals surface area contributed by atoms with Gasteiger partial charge in [-0.1, -0.05) is 38.1 Å². The van der Waals surface area contributed by atoms with Crippen LogP contribution in [-0.2, 0) is 20.7 Å². The Hall–Kier alpha value is -1.88. The lowest BCUT2D eigenvalue weighted by Crippen LogP contribution is -2.28. The van der Waals surface area contributed by atoms with Gasteiger partial charge in [0.15, 0.2) is 0 Å². The highest BCUT2D eigenvalue weighted by atomic mass is 16.5. The van der Waals surface area contributed by atoms with E-state index >= 15 is 0 Å². The van der Waals surface area contributed by atoms with E-state index in [1.54, 1.807) is 0 Å². The Morgan fingerprint density at radius 3 is 2.52 bits per heavy atom. The van der Waals surface area contributed by atoms with E-state index in [2.05, 4.69) is 36.5 Å². The number of carbonyl (C=O) groups is 2. The maximum Gasteiger partial charge on any atom is 0.329 e. The van der Waals surface area contributed by atoms with E-state index in [-0.39, 0.29) is 25.0 Å². The minimum absolute atomic E-state index is 0.0546. The van der Waals surface area contributed by atoms with Crippen LogP contribution >= 0.6 is 0 Å². The summed E-state index contributed by atoms with van der Waals surface area (Å²) in [4.78, 5) is 22.0. The minimum Gasteiger partial charge on any atom is -0.480 e. The van der Waals surface area contributed by atoms with Crippen molar-refractivity contribution in [3.05, 3.63) is 35.4 Å². The number of ether oxygens (including phenoxy) is 1. The molecule has 0 aromatic heterocycles. The quantitative estimate of drug-likeness (QED) is 0.682. The fourth-order valence-electron chi connectivity index (χ4n) is 1.97. The highest BCUT2D eigenvalue weighted by molar-refractivity contribution is 5.76. The van der Waals surface area contributed by atoms with Crippen molar-refractivity contribution in [1.82, 2.24) is 5.32 Å². The monoisotopic (exact) mass is 293 g/mol. The first-order chi connectivity index (χ1) is 10.0. The Bertz CT molecular complexity index is 456. The zero-order chi connectivity index (χ0) is 15.7. The summed E-state index contributed by atoms with van der Waals surface area (Å²) >= 11 is 0. The van der Waals surface area contributed by atoms with Gasteiger partial charge in [0.2, 0.25) is 5.91 Å². The second-order valence-corrected chi connectivity index (χ2v) is 5.00. The highest BCUT2D eigenvalue weighted by Crippen LogP contribution is 2.19. The van der Waals surface area contributed by atoms with Crippen molar-refractivity contribution in [1.29, 1.82) is 0 Å². The predicted molar refractivity (Wildman–Crippen MR) is 80.3 cm³/mol. The molecule has 116 valence electrons. The van der Waals surface area contributed by atoms with E-state index in [1.165, 1.54) is 5.56 Å². The van der Waals surface area contributed by atoms with Crippen molar-refractivity contribution >= 4 is 11.9 Å². The van der Waals surface area contributed by atoms with E-state index in [9.17, 15) is 9.59 Å². The van der Waals surface area contributed by atoms with Gasteiger partial charge in [-0.05, 0) is 23.5 Å².